The molecular formula is C12H21NO. The second-order valence-electron chi connectivity index (χ2n) is 5.02. The largest absolute Gasteiger partial charge is 0.356 e. The molecule has 2 nitrogen and oxygen atoms in total. The molecule has 1 unspecified atom stereocenters. The summed E-state index contributed by atoms with van der Waals surface area (Å²) in [7, 11) is 0. The van der Waals surface area contributed by atoms with Crippen LogP contribution in [0.4, 0.5) is 0 Å². The van der Waals surface area contributed by atoms with E-state index in [0.29, 0.717) is 11.8 Å². The Morgan fingerprint density at radius 1 is 1.29 bits per heavy atom. The van der Waals surface area contributed by atoms with Crippen LogP contribution in [0.3, 0.4) is 0 Å². The molecular weight excluding hydrogens is 174 g/mol. The van der Waals surface area contributed by atoms with Crippen molar-refractivity contribution in [1.82, 2.24) is 5.32 Å². The summed E-state index contributed by atoms with van der Waals surface area (Å²) in [5.74, 6) is 2.01. The van der Waals surface area contributed by atoms with Crippen LogP contribution in [-0.2, 0) is 4.79 Å². The van der Waals surface area contributed by atoms with Gasteiger partial charge in [0.15, 0.2) is 0 Å². The highest BCUT2D eigenvalue weighted by Crippen LogP contribution is 2.36. The smallest absolute Gasteiger partial charge is 0.223 e. The first-order chi connectivity index (χ1) is 6.77. The Labute approximate surface area is 86.5 Å². The number of rotatable bonds is 4. The fourth-order valence-electron chi connectivity index (χ4n) is 2.43. The Hall–Kier alpha value is -0.530. The molecule has 2 rings (SSSR count). The average molecular weight is 195 g/mol. The van der Waals surface area contributed by atoms with Crippen molar-refractivity contribution in [3.8, 4) is 0 Å². The maximum atomic E-state index is 11.7. The summed E-state index contributed by atoms with van der Waals surface area (Å²) in [6.45, 7) is 3.00. The molecule has 0 aromatic carbocycles. The van der Waals surface area contributed by atoms with Crippen molar-refractivity contribution in [2.75, 3.05) is 6.54 Å². The molecule has 0 aromatic rings. The molecule has 2 aliphatic carbocycles. The molecule has 80 valence electrons. The minimum absolute atomic E-state index is 0.261. The van der Waals surface area contributed by atoms with E-state index in [-0.39, 0.29) is 5.92 Å². The molecule has 14 heavy (non-hydrogen) atoms. The highest BCUT2D eigenvalue weighted by molar-refractivity contribution is 5.78. The molecule has 1 amide bonds. The minimum atomic E-state index is 0.261. The second-order valence-corrected chi connectivity index (χ2v) is 5.02. The standard InChI is InChI=1S/C12H21NO/c1-9(11-6-7-11)12(14)13-8-10-4-2-3-5-10/h9-11H,2-8H2,1H3,(H,13,14). The topological polar surface area (TPSA) is 29.1 Å². The number of hydrogen-bond acceptors (Lipinski definition) is 1. The van der Waals surface area contributed by atoms with E-state index in [4.69, 9.17) is 0 Å². The fraction of sp³-hybridized carbons (Fsp3) is 0.917. The van der Waals surface area contributed by atoms with E-state index >= 15 is 0 Å². The Morgan fingerprint density at radius 3 is 2.50 bits per heavy atom. The van der Waals surface area contributed by atoms with E-state index in [1.165, 1.54) is 38.5 Å². The van der Waals surface area contributed by atoms with Crippen LogP contribution in [0, 0.1) is 17.8 Å². The maximum absolute atomic E-state index is 11.7. The number of amides is 1. The lowest BCUT2D eigenvalue weighted by atomic mass is 10.0. The Balaban J connectivity index is 1.65. The molecule has 2 heteroatoms. The van der Waals surface area contributed by atoms with Gasteiger partial charge in [0.2, 0.25) is 5.91 Å². The first kappa shape index (κ1) is 10.0. The van der Waals surface area contributed by atoms with Gasteiger partial charge in [0, 0.05) is 12.5 Å². The quantitative estimate of drug-likeness (QED) is 0.733. The van der Waals surface area contributed by atoms with Crippen LogP contribution >= 0.6 is 0 Å². The summed E-state index contributed by atoms with van der Waals surface area (Å²) in [5.41, 5.74) is 0. The highest BCUT2D eigenvalue weighted by atomic mass is 16.1. The van der Waals surface area contributed by atoms with E-state index in [2.05, 4.69) is 12.2 Å². The average Bonchev–Trinajstić information content (AvgIpc) is 2.91. The normalized spacial score (nSPS) is 24.9. The molecule has 2 fully saturated rings. The van der Waals surface area contributed by atoms with E-state index in [1.807, 2.05) is 0 Å². The van der Waals surface area contributed by atoms with Crippen molar-refractivity contribution in [2.45, 2.75) is 45.4 Å². The Bertz CT molecular complexity index is 204. The van der Waals surface area contributed by atoms with Gasteiger partial charge in [0.25, 0.3) is 0 Å². The lowest BCUT2D eigenvalue weighted by Crippen LogP contribution is -2.33. The number of nitrogens with one attached hydrogen (secondary N) is 1. The maximum Gasteiger partial charge on any atom is 0.223 e. The van der Waals surface area contributed by atoms with Gasteiger partial charge in [-0.25, -0.2) is 0 Å². The second kappa shape index (κ2) is 4.33. The molecule has 0 aliphatic heterocycles. The molecule has 1 atom stereocenters. The van der Waals surface area contributed by atoms with Crippen molar-refractivity contribution in [2.24, 2.45) is 17.8 Å². The van der Waals surface area contributed by atoms with Crippen LogP contribution in [0.25, 0.3) is 0 Å². The van der Waals surface area contributed by atoms with Crippen molar-refractivity contribution >= 4 is 5.91 Å². The van der Waals surface area contributed by atoms with Crippen LogP contribution in [0.15, 0.2) is 0 Å². The van der Waals surface area contributed by atoms with Gasteiger partial charge in [-0.2, -0.15) is 0 Å². The Kier molecular flexibility index (Phi) is 3.09. The van der Waals surface area contributed by atoms with Gasteiger partial charge < -0.3 is 5.32 Å². The third kappa shape index (κ3) is 2.49. The summed E-state index contributed by atoms with van der Waals surface area (Å²) in [6, 6.07) is 0. The van der Waals surface area contributed by atoms with Crippen molar-refractivity contribution in [3.05, 3.63) is 0 Å². The minimum Gasteiger partial charge on any atom is -0.356 e. The van der Waals surface area contributed by atoms with Crippen molar-refractivity contribution in [1.29, 1.82) is 0 Å². The van der Waals surface area contributed by atoms with Crippen LogP contribution in [-0.4, -0.2) is 12.5 Å². The van der Waals surface area contributed by atoms with Crippen LogP contribution in [0.1, 0.15) is 45.4 Å². The van der Waals surface area contributed by atoms with E-state index in [0.717, 1.165) is 12.5 Å². The number of hydrogen-bond donors (Lipinski definition) is 1. The van der Waals surface area contributed by atoms with Gasteiger partial charge in [-0.3, -0.25) is 4.79 Å². The lowest BCUT2D eigenvalue weighted by molar-refractivity contribution is -0.125. The summed E-state index contributed by atoms with van der Waals surface area (Å²) < 4.78 is 0. The van der Waals surface area contributed by atoms with Crippen molar-refractivity contribution < 1.29 is 4.79 Å². The fourth-order valence-corrected chi connectivity index (χ4v) is 2.43. The number of carbonyl (C=O) groups excluding carboxylic acids is 1. The van der Waals surface area contributed by atoms with Gasteiger partial charge in [0.1, 0.15) is 0 Å². The molecule has 1 N–H and O–H groups in total. The molecule has 2 saturated carbocycles. The SMILES string of the molecule is CC(C(=O)NCC1CCCC1)C1CC1. The lowest BCUT2D eigenvalue weighted by Gasteiger charge is -2.14. The summed E-state index contributed by atoms with van der Waals surface area (Å²) in [5, 5.41) is 3.11. The first-order valence-corrected chi connectivity index (χ1v) is 6.05. The Morgan fingerprint density at radius 2 is 1.93 bits per heavy atom. The summed E-state index contributed by atoms with van der Waals surface area (Å²) >= 11 is 0. The predicted molar refractivity (Wildman–Crippen MR) is 56.9 cm³/mol. The molecule has 2 aliphatic rings. The van der Waals surface area contributed by atoms with Crippen LogP contribution in [0.5, 0.6) is 0 Å². The van der Waals surface area contributed by atoms with E-state index in [9.17, 15) is 4.79 Å². The number of carbonyl (C=O) groups is 1. The zero-order valence-electron chi connectivity index (χ0n) is 9.09. The van der Waals surface area contributed by atoms with Gasteiger partial charge in [-0.15, -0.1) is 0 Å². The summed E-state index contributed by atoms with van der Waals surface area (Å²) in [4.78, 5) is 11.7. The molecule has 0 heterocycles. The van der Waals surface area contributed by atoms with Gasteiger partial charge in [-0.1, -0.05) is 19.8 Å². The van der Waals surface area contributed by atoms with Gasteiger partial charge in [0.05, 0.1) is 0 Å². The first-order valence-electron chi connectivity index (χ1n) is 6.05. The zero-order valence-corrected chi connectivity index (χ0v) is 9.09. The van der Waals surface area contributed by atoms with Gasteiger partial charge >= 0.3 is 0 Å². The van der Waals surface area contributed by atoms with E-state index < -0.39 is 0 Å². The molecule has 0 bridgehead atoms. The third-order valence-corrected chi connectivity index (χ3v) is 3.78. The summed E-state index contributed by atoms with van der Waals surface area (Å²) in [6.07, 6.45) is 7.88. The molecule has 0 aromatic heterocycles. The third-order valence-electron chi connectivity index (χ3n) is 3.78. The zero-order chi connectivity index (χ0) is 9.97. The molecule has 0 radical (unpaired) electrons. The van der Waals surface area contributed by atoms with Crippen LogP contribution in [0.2, 0.25) is 0 Å². The van der Waals surface area contributed by atoms with E-state index in [1.54, 1.807) is 0 Å². The molecule has 0 saturated heterocycles. The molecule has 0 spiro atoms. The van der Waals surface area contributed by atoms with Crippen molar-refractivity contribution in [3.63, 3.8) is 0 Å². The van der Waals surface area contributed by atoms with Gasteiger partial charge in [-0.05, 0) is 37.5 Å². The highest BCUT2D eigenvalue weighted by Gasteiger charge is 2.32. The predicted octanol–water partition coefficient (Wildman–Crippen LogP) is 2.34. The van der Waals surface area contributed by atoms with Crippen LogP contribution < -0.4 is 5.32 Å². The monoisotopic (exact) mass is 195 g/mol.